The van der Waals surface area contributed by atoms with E-state index in [1.54, 1.807) is 6.20 Å². The topological polar surface area (TPSA) is 77.2 Å². The monoisotopic (exact) mass is 313 g/mol. The Labute approximate surface area is 136 Å². The molecular weight excluding hydrogens is 290 g/mol. The lowest BCUT2D eigenvalue weighted by molar-refractivity contribution is -0.123. The molecule has 1 heterocycles. The number of carbonyl (C=O) groups excluding carboxylic acids is 1. The van der Waals surface area contributed by atoms with Crippen LogP contribution >= 0.6 is 0 Å². The number of nitrogens with zero attached hydrogens (tertiary/aromatic N) is 1. The molecule has 0 aliphatic heterocycles. The Hall–Kier alpha value is -2.40. The molecule has 0 fully saturated rings. The summed E-state index contributed by atoms with van der Waals surface area (Å²) in [5.74, 6) is 0.605. The standard InChI is InChI=1S/C18H23N3O2/c1-3-17(19)18(22)21-13(2)14-7-6-9-16(11-14)23-12-15-8-4-5-10-20-15/h4-11,13,17H,3,12,19H2,1-2H3,(H,21,22)/t13?,17-/m0/s1. The predicted molar refractivity (Wildman–Crippen MR) is 89.8 cm³/mol. The Balaban J connectivity index is 1.97. The van der Waals surface area contributed by atoms with Gasteiger partial charge in [-0.2, -0.15) is 0 Å². The molecule has 2 rings (SSSR count). The van der Waals surface area contributed by atoms with Crippen molar-refractivity contribution in [1.29, 1.82) is 0 Å². The molecule has 1 aromatic heterocycles. The average Bonchev–Trinajstić information content (AvgIpc) is 2.60. The van der Waals surface area contributed by atoms with E-state index in [2.05, 4.69) is 10.3 Å². The summed E-state index contributed by atoms with van der Waals surface area (Å²) in [6, 6.07) is 12.8. The van der Waals surface area contributed by atoms with Gasteiger partial charge >= 0.3 is 0 Å². The van der Waals surface area contributed by atoms with Crippen molar-refractivity contribution in [2.45, 2.75) is 39.0 Å². The molecule has 122 valence electrons. The van der Waals surface area contributed by atoms with Crippen LogP contribution in [0.1, 0.15) is 37.6 Å². The molecular formula is C18H23N3O2. The Morgan fingerprint density at radius 2 is 2.13 bits per heavy atom. The minimum absolute atomic E-state index is 0.126. The van der Waals surface area contributed by atoms with Crippen molar-refractivity contribution < 1.29 is 9.53 Å². The lowest BCUT2D eigenvalue weighted by atomic mass is 10.1. The van der Waals surface area contributed by atoms with Crippen molar-refractivity contribution in [1.82, 2.24) is 10.3 Å². The first kappa shape index (κ1) is 17.0. The van der Waals surface area contributed by atoms with E-state index in [0.717, 1.165) is 17.0 Å². The van der Waals surface area contributed by atoms with Crippen LogP contribution in [-0.4, -0.2) is 16.9 Å². The first-order chi connectivity index (χ1) is 11.1. The molecule has 0 radical (unpaired) electrons. The van der Waals surface area contributed by atoms with E-state index in [0.29, 0.717) is 13.0 Å². The number of aromatic nitrogens is 1. The lowest BCUT2D eigenvalue weighted by Gasteiger charge is -2.18. The fourth-order valence-electron chi connectivity index (χ4n) is 2.10. The van der Waals surface area contributed by atoms with Gasteiger partial charge in [0.15, 0.2) is 0 Å². The third-order valence-electron chi connectivity index (χ3n) is 3.61. The highest BCUT2D eigenvalue weighted by atomic mass is 16.5. The summed E-state index contributed by atoms with van der Waals surface area (Å²) in [5, 5.41) is 2.92. The zero-order chi connectivity index (χ0) is 16.7. The molecule has 0 spiro atoms. The van der Waals surface area contributed by atoms with Crippen LogP contribution < -0.4 is 15.8 Å². The number of hydrogen-bond acceptors (Lipinski definition) is 4. The fourth-order valence-corrected chi connectivity index (χ4v) is 2.10. The molecule has 1 unspecified atom stereocenters. The molecule has 0 saturated heterocycles. The molecule has 5 nitrogen and oxygen atoms in total. The Kier molecular flexibility index (Phi) is 6.11. The number of pyridine rings is 1. The number of hydrogen-bond donors (Lipinski definition) is 2. The second kappa shape index (κ2) is 8.29. The van der Waals surface area contributed by atoms with Gasteiger partial charge in [-0.1, -0.05) is 25.1 Å². The Morgan fingerprint density at radius 1 is 1.30 bits per heavy atom. The van der Waals surface area contributed by atoms with E-state index in [9.17, 15) is 4.79 Å². The average molecular weight is 313 g/mol. The number of benzene rings is 1. The maximum atomic E-state index is 11.9. The summed E-state index contributed by atoms with van der Waals surface area (Å²) >= 11 is 0. The molecule has 0 aliphatic rings. The lowest BCUT2D eigenvalue weighted by Crippen LogP contribution is -2.41. The van der Waals surface area contributed by atoms with Crippen LogP contribution in [-0.2, 0) is 11.4 Å². The minimum Gasteiger partial charge on any atom is -0.487 e. The Morgan fingerprint density at radius 3 is 2.83 bits per heavy atom. The maximum Gasteiger partial charge on any atom is 0.237 e. The molecule has 0 bridgehead atoms. The van der Waals surface area contributed by atoms with Crippen LogP contribution in [0.5, 0.6) is 5.75 Å². The van der Waals surface area contributed by atoms with Crippen LogP contribution in [0.25, 0.3) is 0 Å². The molecule has 3 N–H and O–H groups in total. The summed E-state index contributed by atoms with van der Waals surface area (Å²) in [7, 11) is 0. The van der Waals surface area contributed by atoms with E-state index >= 15 is 0 Å². The predicted octanol–water partition coefficient (Wildman–Crippen LogP) is 2.58. The van der Waals surface area contributed by atoms with Gasteiger partial charge in [0, 0.05) is 6.20 Å². The van der Waals surface area contributed by atoms with Crippen molar-refractivity contribution in [3.8, 4) is 5.75 Å². The van der Waals surface area contributed by atoms with E-state index in [4.69, 9.17) is 10.5 Å². The zero-order valence-corrected chi connectivity index (χ0v) is 13.5. The summed E-state index contributed by atoms with van der Waals surface area (Å²) < 4.78 is 5.76. The van der Waals surface area contributed by atoms with E-state index in [1.165, 1.54) is 0 Å². The number of nitrogens with one attached hydrogen (secondary N) is 1. The van der Waals surface area contributed by atoms with Crippen molar-refractivity contribution in [2.24, 2.45) is 5.73 Å². The first-order valence-corrected chi connectivity index (χ1v) is 7.78. The van der Waals surface area contributed by atoms with Gasteiger partial charge < -0.3 is 15.8 Å². The van der Waals surface area contributed by atoms with Crippen LogP contribution in [0.4, 0.5) is 0 Å². The highest BCUT2D eigenvalue weighted by Gasteiger charge is 2.15. The van der Waals surface area contributed by atoms with E-state index in [-0.39, 0.29) is 11.9 Å². The SMILES string of the molecule is CC[C@H](N)C(=O)NC(C)c1cccc(OCc2ccccn2)c1. The highest BCUT2D eigenvalue weighted by molar-refractivity contribution is 5.81. The molecule has 1 aromatic carbocycles. The highest BCUT2D eigenvalue weighted by Crippen LogP contribution is 2.20. The third-order valence-corrected chi connectivity index (χ3v) is 3.61. The van der Waals surface area contributed by atoms with Crippen molar-refractivity contribution in [3.63, 3.8) is 0 Å². The molecule has 5 heteroatoms. The van der Waals surface area contributed by atoms with Gasteiger partial charge in [0.05, 0.1) is 17.8 Å². The van der Waals surface area contributed by atoms with Crippen molar-refractivity contribution in [2.75, 3.05) is 0 Å². The van der Waals surface area contributed by atoms with Crippen molar-refractivity contribution in [3.05, 3.63) is 59.9 Å². The molecule has 1 amide bonds. The maximum absolute atomic E-state index is 11.9. The van der Waals surface area contributed by atoms with E-state index in [1.807, 2.05) is 56.3 Å². The van der Waals surface area contributed by atoms with Crippen LogP contribution in [0, 0.1) is 0 Å². The van der Waals surface area contributed by atoms with Gasteiger partial charge in [0.2, 0.25) is 5.91 Å². The summed E-state index contributed by atoms with van der Waals surface area (Å²) in [4.78, 5) is 16.1. The molecule has 2 aromatic rings. The van der Waals surface area contributed by atoms with Crippen LogP contribution in [0.15, 0.2) is 48.7 Å². The minimum atomic E-state index is -0.471. The quantitative estimate of drug-likeness (QED) is 0.823. The summed E-state index contributed by atoms with van der Waals surface area (Å²) in [6.07, 6.45) is 2.36. The number of ether oxygens (including phenoxy) is 1. The van der Waals surface area contributed by atoms with Gasteiger partial charge in [-0.25, -0.2) is 0 Å². The number of amides is 1. The Bertz CT molecular complexity index is 631. The molecule has 23 heavy (non-hydrogen) atoms. The summed E-state index contributed by atoms with van der Waals surface area (Å²) in [6.45, 7) is 4.23. The van der Waals surface area contributed by atoms with Crippen LogP contribution in [0.2, 0.25) is 0 Å². The van der Waals surface area contributed by atoms with Crippen molar-refractivity contribution >= 4 is 5.91 Å². The fraction of sp³-hybridized carbons (Fsp3) is 0.333. The van der Waals surface area contributed by atoms with Crippen LogP contribution in [0.3, 0.4) is 0 Å². The first-order valence-electron chi connectivity index (χ1n) is 7.78. The normalized spacial score (nSPS) is 13.2. The second-order valence-electron chi connectivity index (χ2n) is 5.43. The van der Waals surface area contributed by atoms with Gasteiger partial charge in [-0.15, -0.1) is 0 Å². The molecule has 0 saturated carbocycles. The zero-order valence-electron chi connectivity index (χ0n) is 13.5. The van der Waals surface area contributed by atoms with Gasteiger partial charge in [0.1, 0.15) is 12.4 Å². The molecule has 0 aliphatic carbocycles. The van der Waals surface area contributed by atoms with Gasteiger partial charge in [0.25, 0.3) is 0 Å². The van der Waals surface area contributed by atoms with Gasteiger partial charge in [-0.3, -0.25) is 9.78 Å². The summed E-state index contributed by atoms with van der Waals surface area (Å²) in [5.41, 5.74) is 7.58. The number of rotatable bonds is 7. The number of carbonyl (C=O) groups is 1. The van der Waals surface area contributed by atoms with E-state index < -0.39 is 6.04 Å². The number of nitrogens with two attached hydrogens (primary N) is 1. The third kappa shape index (κ3) is 5.07. The second-order valence-corrected chi connectivity index (χ2v) is 5.43. The largest absolute Gasteiger partial charge is 0.487 e. The van der Waals surface area contributed by atoms with Gasteiger partial charge in [-0.05, 0) is 43.2 Å². The smallest absolute Gasteiger partial charge is 0.237 e. The molecule has 2 atom stereocenters.